The Morgan fingerprint density at radius 1 is 1.08 bits per heavy atom. The first-order valence-corrected chi connectivity index (χ1v) is 10.0. The number of rotatable bonds is 2. The molecule has 3 aliphatic rings. The Bertz CT molecular complexity index is 699. The molecule has 2 fully saturated rings. The highest BCUT2D eigenvalue weighted by atomic mass is 16.2. The molecule has 0 aromatic carbocycles. The van der Waals surface area contributed by atoms with E-state index in [9.17, 15) is 9.59 Å². The van der Waals surface area contributed by atoms with Crippen LogP contribution in [0, 0.1) is 5.92 Å². The summed E-state index contributed by atoms with van der Waals surface area (Å²) in [4.78, 5) is 37.8. The van der Waals surface area contributed by atoms with E-state index < -0.39 is 0 Å². The van der Waals surface area contributed by atoms with Crippen molar-refractivity contribution in [2.75, 3.05) is 13.1 Å². The number of fused-ring (bicyclic) bond motifs is 1. The Morgan fingerprint density at radius 3 is 2.65 bits per heavy atom. The van der Waals surface area contributed by atoms with Gasteiger partial charge in [0.2, 0.25) is 11.8 Å². The Morgan fingerprint density at radius 2 is 1.88 bits per heavy atom. The smallest absolute Gasteiger partial charge is 0.225 e. The van der Waals surface area contributed by atoms with Crippen LogP contribution in [-0.4, -0.2) is 44.7 Å². The summed E-state index contributed by atoms with van der Waals surface area (Å²) in [6.07, 6.45) is 10.3. The van der Waals surface area contributed by atoms with Gasteiger partial charge in [0.05, 0.1) is 11.7 Å². The number of carbonyl (C=O) groups is 2. The summed E-state index contributed by atoms with van der Waals surface area (Å²) in [5, 5.41) is 0. The summed E-state index contributed by atoms with van der Waals surface area (Å²) in [7, 11) is 0. The highest BCUT2D eigenvalue weighted by molar-refractivity contribution is 5.79. The fraction of sp³-hybridized carbons (Fsp3) is 0.700. The van der Waals surface area contributed by atoms with Gasteiger partial charge in [0.15, 0.2) is 5.82 Å². The van der Waals surface area contributed by atoms with Gasteiger partial charge in [0.1, 0.15) is 0 Å². The van der Waals surface area contributed by atoms with Gasteiger partial charge in [-0.1, -0.05) is 19.3 Å². The van der Waals surface area contributed by atoms with Crippen molar-refractivity contribution in [3.8, 4) is 0 Å². The molecule has 3 heterocycles. The molecule has 0 spiro atoms. The van der Waals surface area contributed by atoms with Crippen LogP contribution in [0.1, 0.15) is 75.0 Å². The highest BCUT2D eigenvalue weighted by Crippen LogP contribution is 2.31. The molecule has 140 valence electrons. The van der Waals surface area contributed by atoms with Crippen LogP contribution in [-0.2, 0) is 22.6 Å². The molecule has 1 atom stereocenters. The lowest BCUT2D eigenvalue weighted by molar-refractivity contribution is -0.137. The molecule has 1 saturated carbocycles. The average Bonchev–Trinajstić information content (AvgIpc) is 3.17. The summed E-state index contributed by atoms with van der Waals surface area (Å²) in [6, 6.07) is 0.0136. The summed E-state index contributed by atoms with van der Waals surface area (Å²) in [5.74, 6) is 1.40. The summed E-state index contributed by atoms with van der Waals surface area (Å²) < 4.78 is 0. The van der Waals surface area contributed by atoms with Gasteiger partial charge in [0.25, 0.3) is 0 Å². The Labute approximate surface area is 155 Å². The molecule has 1 saturated heterocycles. The van der Waals surface area contributed by atoms with Crippen molar-refractivity contribution >= 4 is 11.8 Å². The molecule has 0 radical (unpaired) electrons. The van der Waals surface area contributed by atoms with Gasteiger partial charge in [-0.2, -0.15) is 0 Å². The van der Waals surface area contributed by atoms with Crippen molar-refractivity contribution in [3.63, 3.8) is 0 Å². The van der Waals surface area contributed by atoms with Crippen LogP contribution >= 0.6 is 0 Å². The lowest BCUT2D eigenvalue weighted by atomic mass is 9.88. The zero-order valence-electron chi connectivity index (χ0n) is 15.6. The summed E-state index contributed by atoms with van der Waals surface area (Å²) >= 11 is 0. The van der Waals surface area contributed by atoms with Crippen LogP contribution in [0.3, 0.4) is 0 Å². The highest BCUT2D eigenvalue weighted by Gasteiger charge is 2.32. The molecule has 0 N–H and O–H groups in total. The number of hydrogen-bond donors (Lipinski definition) is 0. The van der Waals surface area contributed by atoms with Gasteiger partial charge >= 0.3 is 0 Å². The van der Waals surface area contributed by atoms with E-state index in [0.717, 1.165) is 62.3 Å². The van der Waals surface area contributed by atoms with Crippen LogP contribution in [0.4, 0.5) is 0 Å². The molecule has 0 bridgehead atoms. The topological polar surface area (TPSA) is 66.4 Å². The van der Waals surface area contributed by atoms with E-state index in [-0.39, 0.29) is 17.9 Å². The third-order valence-electron chi connectivity index (χ3n) is 6.17. The monoisotopic (exact) mass is 356 g/mol. The van der Waals surface area contributed by atoms with Gasteiger partial charge in [-0.15, -0.1) is 0 Å². The predicted molar refractivity (Wildman–Crippen MR) is 97.1 cm³/mol. The Balaban J connectivity index is 1.47. The third-order valence-corrected chi connectivity index (χ3v) is 6.17. The molecule has 6 nitrogen and oxygen atoms in total. The van der Waals surface area contributed by atoms with Crippen LogP contribution in [0.2, 0.25) is 0 Å². The first kappa shape index (κ1) is 17.4. The van der Waals surface area contributed by atoms with Crippen LogP contribution in [0.15, 0.2) is 6.20 Å². The van der Waals surface area contributed by atoms with E-state index in [0.29, 0.717) is 12.5 Å². The number of carbonyl (C=O) groups excluding carboxylic acids is 2. The Hall–Kier alpha value is -1.98. The maximum atomic E-state index is 12.8. The fourth-order valence-electron chi connectivity index (χ4n) is 4.70. The second-order valence-electron chi connectivity index (χ2n) is 7.92. The molecule has 4 rings (SSSR count). The molecule has 1 aromatic heterocycles. The minimum Gasteiger partial charge on any atom is -0.338 e. The number of nitrogens with zero attached hydrogens (tertiary/aromatic N) is 4. The molecule has 2 amide bonds. The van der Waals surface area contributed by atoms with E-state index in [1.54, 1.807) is 6.92 Å². The second kappa shape index (κ2) is 7.33. The number of hydrogen-bond acceptors (Lipinski definition) is 4. The maximum absolute atomic E-state index is 12.8. The van der Waals surface area contributed by atoms with E-state index >= 15 is 0 Å². The van der Waals surface area contributed by atoms with Gasteiger partial charge < -0.3 is 9.80 Å². The lowest BCUT2D eigenvalue weighted by Crippen LogP contribution is -2.41. The van der Waals surface area contributed by atoms with Crippen LogP contribution in [0.25, 0.3) is 0 Å². The van der Waals surface area contributed by atoms with Gasteiger partial charge in [-0.3, -0.25) is 9.59 Å². The minimum atomic E-state index is 0.0136. The molecule has 26 heavy (non-hydrogen) atoms. The van der Waals surface area contributed by atoms with Crippen molar-refractivity contribution in [1.82, 2.24) is 19.8 Å². The first-order valence-electron chi connectivity index (χ1n) is 10.0. The van der Waals surface area contributed by atoms with Crippen molar-refractivity contribution in [2.45, 2.75) is 70.9 Å². The SMILES string of the molecule is CC(=O)N1CCC[C@@H]1c1ncc2c(n1)CCN(C(=O)C1CCCCC1)C2. The number of amides is 2. The summed E-state index contributed by atoms with van der Waals surface area (Å²) in [6.45, 7) is 3.79. The van der Waals surface area contributed by atoms with Crippen molar-refractivity contribution in [2.24, 2.45) is 5.92 Å². The average molecular weight is 356 g/mol. The normalized spacial score (nSPS) is 23.8. The van der Waals surface area contributed by atoms with Crippen LogP contribution in [0.5, 0.6) is 0 Å². The Kier molecular flexibility index (Phi) is 4.92. The maximum Gasteiger partial charge on any atom is 0.225 e. The number of aromatic nitrogens is 2. The van der Waals surface area contributed by atoms with E-state index in [1.807, 2.05) is 16.0 Å². The van der Waals surface area contributed by atoms with E-state index in [1.165, 1.54) is 19.3 Å². The molecule has 0 unspecified atom stereocenters. The van der Waals surface area contributed by atoms with Crippen molar-refractivity contribution < 1.29 is 9.59 Å². The zero-order chi connectivity index (χ0) is 18.1. The number of likely N-dealkylation sites (tertiary alicyclic amines) is 1. The van der Waals surface area contributed by atoms with E-state index in [4.69, 9.17) is 4.98 Å². The van der Waals surface area contributed by atoms with Crippen LogP contribution < -0.4 is 0 Å². The van der Waals surface area contributed by atoms with Gasteiger partial charge in [-0.25, -0.2) is 9.97 Å². The standard InChI is InChI=1S/C20H28N4O2/c1-14(25)24-10-5-8-18(24)19-21-12-16-13-23(11-9-17(16)22-19)20(26)15-6-3-2-4-7-15/h12,15,18H,2-11,13H2,1H3/t18-/m1/s1. The van der Waals surface area contributed by atoms with Gasteiger partial charge in [-0.05, 0) is 25.7 Å². The molecule has 2 aliphatic heterocycles. The van der Waals surface area contributed by atoms with Gasteiger partial charge in [0, 0.05) is 50.7 Å². The molecule has 1 aliphatic carbocycles. The first-order chi connectivity index (χ1) is 12.6. The zero-order valence-corrected chi connectivity index (χ0v) is 15.6. The van der Waals surface area contributed by atoms with Crippen molar-refractivity contribution in [3.05, 3.63) is 23.3 Å². The second-order valence-corrected chi connectivity index (χ2v) is 7.92. The summed E-state index contributed by atoms with van der Waals surface area (Å²) in [5.41, 5.74) is 2.12. The van der Waals surface area contributed by atoms with Crippen molar-refractivity contribution in [1.29, 1.82) is 0 Å². The largest absolute Gasteiger partial charge is 0.338 e. The fourth-order valence-corrected chi connectivity index (χ4v) is 4.70. The van der Waals surface area contributed by atoms with E-state index in [2.05, 4.69) is 4.98 Å². The predicted octanol–water partition coefficient (Wildman–Crippen LogP) is 2.63. The molecule has 6 heteroatoms. The minimum absolute atomic E-state index is 0.0136. The molecular weight excluding hydrogens is 328 g/mol. The quantitative estimate of drug-likeness (QED) is 0.817. The third kappa shape index (κ3) is 3.33. The molecule has 1 aromatic rings. The molecular formula is C20H28N4O2. The lowest BCUT2D eigenvalue weighted by Gasteiger charge is -2.33.